The van der Waals surface area contributed by atoms with Crippen molar-refractivity contribution in [3.63, 3.8) is 0 Å². The molecule has 4 aromatic rings. The SMILES string of the molecule is N#Cc1ccc(O)c(C(=O)NC(=N)N)c1-c1ccc(-c2cc(C#N)c(-c3ccccc3F)c(C(=O)NC(=N)N)c2O)cc1Cl. The molecule has 0 aliphatic carbocycles. The summed E-state index contributed by atoms with van der Waals surface area (Å²) in [6.07, 6.45) is 0. The van der Waals surface area contributed by atoms with Crippen LogP contribution in [0.1, 0.15) is 31.8 Å². The number of nitrogens with one attached hydrogen (secondary N) is 4. The van der Waals surface area contributed by atoms with Crippen molar-refractivity contribution < 1.29 is 24.2 Å². The van der Waals surface area contributed by atoms with Crippen LogP contribution in [0.5, 0.6) is 11.5 Å². The van der Waals surface area contributed by atoms with Gasteiger partial charge in [-0.05, 0) is 35.9 Å². The average Bonchev–Trinajstić information content (AvgIpc) is 2.96. The first kappa shape index (κ1) is 30.5. The van der Waals surface area contributed by atoms with Crippen molar-refractivity contribution in [2.45, 2.75) is 0 Å². The molecule has 0 bridgehead atoms. The van der Waals surface area contributed by atoms with E-state index in [0.29, 0.717) is 0 Å². The van der Waals surface area contributed by atoms with Gasteiger partial charge < -0.3 is 21.7 Å². The third-order valence-corrected chi connectivity index (χ3v) is 6.68. The molecule has 218 valence electrons. The summed E-state index contributed by atoms with van der Waals surface area (Å²) in [5.41, 5.74) is 9.07. The molecule has 0 spiro atoms. The number of nitrogens with two attached hydrogens (primary N) is 2. The minimum absolute atomic E-state index is 0.0572. The van der Waals surface area contributed by atoms with Gasteiger partial charge in [0.05, 0.1) is 34.4 Å². The van der Waals surface area contributed by atoms with E-state index in [1.807, 2.05) is 22.8 Å². The van der Waals surface area contributed by atoms with Gasteiger partial charge in [-0.1, -0.05) is 41.9 Å². The molecule has 0 aliphatic rings. The molecule has 4 aromatic carbocycles. The molecule has 0 aliphatic heterocycles. The van der Waals surface area contributed by atoms with Gasteiger partial charge in [0, 0.05) is 32.8 Å². The molecular formula is C30H20ClFN8O4. The van der Waals surface area contributed by atoms with Crippen molar-refractivity contribution in [1.82, 2.24) is 10.6 Å². The smallest absolute Gasteiger partial charge is 0.262 e. The zero-order valence-corrected chi connectivity index (χ0v) is 23.0. The van der Waals surface area contributed by atoms with Crippen LogP contribution in [0.3, 0.4) is 0 Å². The minimum atomic E-state index is -1.09. The summed E-state index contributed by atoms with van der Waals surface area (Å²) in [6.45, 7) is 0. The van der Waals surface area contributed by atoms with E-state index in [1.165, 1.54) is 48.5 Å². The Morgan fingerprint density at radius 2 is 1.39 bits per heavy atom. The molecule has 10 N–H and O–H groups in total. The average molecular weight is 611 g/mol. The topological polar surface area (TPSA) is 246 Å². The second kappa shape index (κ2) is 12.2. The number of nitrogens with zero attached hydrogens (tertiary/aromatic N) is 2. The molecule has 0 heterocycles. The summed E-state index contributed by atoms with van der Waals surface area (Å²) < 4.78 is 14.9. The molecule has 14 heteroatoms. The van der Waals surface area contributed by atoms with Crippen molar-refractivity contribution in [3.05, 3.63) is 93.8 Å². The van der Waals surface area contributed by atoms with E-state index in [1.54, 1.807) is 0 Å². The Morgan fingerprint density at radius 3 is 1.95 bits per heavy atom. The Balaban J connectivity index is 1.99. The van der Waals surface area contributed by atoms with Gasteiger partial charge in [0.15, 0.2) is 11.9 Å². The Kier molecular flexibility index (Phi) is 8.46. The van der Waals surface area contributed by atoms with Crippen LogP contribution >= 0.6 is 11.6 Å². The Bertz CT molecular complexity index is 2000. The number of phenolic OH excluding ortho intramolecular Hbond substituents is 2. The first-order chi connectivity index (χ1) is 20.9. The number of carbonyl (C=O) groups is 2. The van der Waals surface area contributed by atoms with Crippen molar-refractivity contribution in [1.29, 1.82) is 21.3 Å². The zero-order chi connectivity index (χ0) is 32.3. The number of nitriles is 2. The van der Waals surface area contributed by atoms with Crippen LogP contribution in [0.2, 0.25) is 5.02 Å². The normalized spacial score (nSPS) is 10.3. The minimum Gasteiger partial charge on any atom is -0.507 e. The number of hydrogen-bond donors (Lipinski definition) is 8. The Hall–Kier alpha value is -6.44. The van der Waals surface area contributed by atoms with Crippen LogP contribution in [0.15, 0.2) is 60.7 Å². The van der Waals surface area contributed by atoms with E-state index in [-0.39, 0.29) is 55.1 Å². The molecule has 12 nitrogen and oxygen atoms in total. The summed E-state index contributed by atoms with van der Waals surface area (Å²) in [7, 11) is 0. The number of carbonyl (C=O) groups excluding carboxylic acids is 2. The molecule has 2 amide bonds. The van der Waals surface area contributed by atoms with Crippen LogP contribution < -0.4 is 22.1 Å². The third-order valence-electron chi connectivity index (χ3n) is 6.37. The second-order valence-electron chi connectivity index (χ2n) is 9.09. The maximum atomic E-state index is 14.9. The highest BCUT2D eigenvalue weighted by Gasteiger charge is 2.28. The molecule has 44 heavy (non-hydrogen) atoms. The summed E-state index contributed by atoms with van der Waals surface area (Å²) in [4.78, 5) is 26.0. The number of benzene rings is 4. The van der Waals surface area contributed by atoms with E-state index in [9.17, 15) is 34.7 Å². The molecule has 0 aromatic heterocycles. The lowest BCUT2D eigenvalue weighted by atomic mass is 9.87. The zero-order valence-electron chi connectivity index (χ0n) is 22.3. The lowest BCUT2D eigenvalue weighted by Crippen LogP contribution is -2.36. The highest BCUT2D eigenvalue weighted by molar-refractivity contribution is 6.34. The van der Waals surface area contributed by atoms with Crippen molar-refractivity contribution in [2.75, 3.05) is 0 Å². The van der Waals surface area contributed by atoms with Crippen LogP contribution in [-0.2, 0) is 0 Å². The molecule has 0 saturated heterocycles. The molecule has 0 radical (unpaired) electrons. The molecular weight excluding hydrogens is 591 g/mol. The lowest BCUT2D eigenvalue weighted by molar-refractivity contribution is 0.0965. The third kappa shape index (κ3) is 5.67. The Labute approximate surface area is 253 Å². The fourth-order valence-electron chi connectivity index (χ4n) is 4.60. The van der Waals surface area contributed by atoms with Crippen LogP contribution in [0, 0.1) is 39.3 Å². The van der Waals surface area contributed by atoms with Crippen molar-refractivity contribution >= 4 is 35.3 Å². The molecule has 0 fully saturated rings. The predicted octanol–water partition coefficient (Wildman–Crippen LogP) is 3.88. The number of amides is 2. The molecule has 0 saturated carbocycles. The second-order valence-corrected chi connectivity index (χ2v) is 9.49. The Morgan fingerprint density at radius 1 is 0.795 bits per heavy atom. The maximum absolute atomic E-state index is 14.9. The van der Waals surface area contributed by atoms with Gasteiger partial charge in [-0.3, -0.25) is 31.0 Å². The van der Waals surface area contributed by atoms with E-state index >= 15 is 0 Å². The number of rotatable bonds is 5. The fourth-order valence-corrected chi connectivity index (χ4v) is 4.87. The standard InChI is InChI=1S/C30H20ClFN8O4/c31-19-10-13(5-7-16(19)22-14(11-33)6-8-21(41)24(22)27(43)39-29(35)36)18-9-15(12-34)23(17-3-1-2-4-20(17)32)25(26(18)42)28(44)40-30(37)38/h1-10,41-42H,(H4,35,36,39,43)(H4,37,38,40,44). The van der Waals surface area contributed by atoms with Crippen molar-refractivity contribution in [3.8, 4) is 57.0 Å². The highest BCUT2D eigenvalue weighted by atomic mass is 35.5. The van der Waals surface area contributed by atoms with E-state index in [4.69, 9.17) is 33.9 Å². The first-order valence-electron chi connectivity index (χ1n) is 12.3. The van der Waals surface area contributed by atoms with Gasteiger partial charge in [0.25, 0.3) is 11.8 Å². The fraction of sp³-hybridized carbons (Fsp3) is 0. The number of hydrogen-bond acceptors (Lipinski definition) is 8. The van der Waals surface area contributed by atoms with Crippen LogP contribution in [0.25, 0.3) is 33.4 Å². The van der Waals surface area contributed by atoms with Gasteiger partial charge >= 0.3 is 0 Å². The number of phenols is 2. The van der Waals surface area contributed by atoms with E-state index in [0.717, 1.165) is 12.1 Å². The summed E-state index contributed by atoms with van der Waals surface area (Å²) in [5.74, 6) is -5.56. The predicted molar refractivity (Wildman–Crippen MR) is 159 cm³/mol. The highest BCUT2D eigenvalue weighted by Crippen LogP contribution is 2.44. The summed E-state index contributed by atoms with van der Waals surface area (Å²) in [5, 5.41) is 60.4. The quantitative estimate of drug-likeness (QED) is 0.121. The van der Waals surface area contributed by atoms with Gasteiger partial charge in [-0.25, -0.2) is 4.39 Å². The lowest BCUT2D eigenvalue weighted by Gasteiger charge is -2.18. The number of halogens is 2. The largest absolute Gasteiger partial charge is 0.507 e. The monoisotopic (exact) mass is 610 g/mol. The van der Waals surface area contributed by atoms with Crippen LogP contribution in [0.4, 0.5) is 4.39 Å². The van der Waals surface area contributed by atoms with E-state index < -0.39 is 46.6 Å². The van der Waals surface area contributed by atoms with Crippen LogP contribution in [-0.4, -0.2) is 33.9 Å². The van der Waals surface area contributed by atoms with E-state index in [2.05, 4.69) is 0 Å². The number of guanidine groups is 2. The molecule has 4 rings (SSSR count). The van der Waals surface area contributed by atoms with Gasteiger partial charge in [0.2, 0.25) is 0 Å². The van der Waals surface area contributed by atoms with Gasteiger partial charge in [-0.15, -0.1) is 0 Å². The van der Waals surface area contributed by atoms with Crippen molar-refractivity contribution in [2.24, 2.45) is 11.5 Å². The van der Waals surface area contributed by atoms with Gasteiger partial charge in [-0.2, -0.15) is 10.5 Å². The molecule has 0 atom stereocenters. The summed E-state index contributed by atoms with van der Waals surface area (Å²) >= 11 is 6.61. The number of aromatic hydroxyl groups is 2. The van der Waals surface area contributed by atoms with Gasteiger partial charge in [0.1, 0.15) is 17.3 Å². The first-order valence-corrected chi connectivity index (χ1v) is 12.7. The molecule has 0 unspecified atom stereocenters. The summed E-state index contributed by atoms with van der Waals surface area (Å²) in [6, 6.07) is 16.8. The maximum Gasteiger partial charge on any atom is 0.262 e.